The molecule has 4 rings (SSSR count). The van der Waals surface area contributed by atoms with Gasteiger partial charge in [0.15, 0.2) is 0 Å². The highest BCUT2D eigenvalue weighted by molar-refractivity contribution is 5.34. The lowest BCUT2D eigenvalue weighted by Gasteiger charge is -2.23. The van der Waals surface area contributed by atoms with E-state index in [1.54, 1.807) is 0 Å². The molecule has 1 fully saturated rings. The first kappa shape index (κ1) is 17.4. The predicted octanol–water partition coefficient (Wildman–Crippen LogP) is 3.56. The van der Waals surface area contributed by atoms with Crippen LogP contribution in [0, 0.1) is 0 Å². The standard InChI is InChI=1S/C22H28N2O2/c1-3-9-21-19(7-1)17-23-11-5-12-24(14-13-23)18-20-8-2-4-10-22(20)26-16-6-15-25-21/h1-4,7-10H,5-6,11-18H2. The van der Waals surface area contributed by atoms with Crippen LogP contribution in [0.1, 0.15) is 24.0 Å². The van der Waals surface area contributed by atoms with Crippen LogP contribution in [-0.4, -0.2) is 49.2 Å². The molecule has 2 aromatic rings. The van der Waals surface area contributed by atoms with Crippen molar-refractivity contribution < 1.29 is 9.47 Å². The summed E-state index contributed by atoms with van der Waals surface area (Å²) < 4.78 is 12.1. The molecule has 4 nitrogen and oxygen atoms in total. The van der Waals surface area contributed by atoms with Gasteiger partial charge in [0.1, 0.15) is 11.5 Å². The van der Waals surface area contributed by atoms with Gasteiger partial charge in [-0.15, -0.1) is 0 Å². The van der Waals surface area contributed by atoms with Gasteiger partial charge in [0.25, 0.3) is 0 Å². The van der Waals surface area contributed by atoms with E-state index in [1.165, 1.54) is 17.5 Å². The monoisotopic (exact) mass is 352 g/mol. The van der Waals surface area contributed by atoms with Crippen molar-refractivity contribution in [3.63, 3.8) is 0 Å². The molecule has 2 heterocycles. The Kier molecular flexibility index (Phi) is 5.72. The number of rotatable bonds is 0. The molecule has 2 aromatic carbocycles. The summed E-state index contributed by atoms with van der Waals surface area (Å²) in [5.74, 6) is 2.03. The number of hydrogen-bond acceptors (Lipinski definition) is 4. The quantitative estimate of drug-likeness (QED) is 0.724. The number of benzene rings is 2. The largest absolute Gasteiger partial charge is 0.493 e. The Morgan fingerprint density at radius 3 is 1.62 bits per heavy atom. The van der Waals surface area contributed by atoms with Crippen LogP contribution >= 0.6 is 0 Å². The third-order valence-electron chi connectivity index (χ3n) is 5.22. The van der Waals surface area contributed by atoms with Crippen LogP contribution < -0.4 is 9.47 Å². The van der Waals surface area contributed by atoms with E-state index < -0.39 is 0 Å². The van der Waals surface area contributed by atoms with Gasteiger partial charge in [-0.25, -0.2) is 0 Å². The zero-order valence-corrected chi connectivity index (χ0v) is 15.4. The van der Waals surface area contributed by atoms with Crippen LogP contribution in [-0.2, 0) is 13.1 Å². The number of ether oxygens (including phenoxy) is 2. The molecule has 0 N–H and O–H groups in total. The van der Waals surface area contributed by atoms with E-state index in [0.29, 0.717) is 13.2 Å². The summed E-state index contributed by atoms with van der Waals surface area (Å²) in [5, 5.41) is 0. The van der Waals surface area contributed by atoms with Crippen molar-refractivity contribution in [2.45, 2.75) is 25.9 Å². The third-order valence-corrected chi connectivity index (χ3v) is 5.22. The van der Waals surface area contributed by atoms with Gasteiger partial charge >= 0.3 is 0 Å². The summed E-state index contributed by atoms with van der Waals surface area (Å²) >= 11 is 0. The maximum atomic E-state index is 6.07. The fraction of sp³-hybridized carbons (Fsp3) is 0.455. The van der Waals surface area contributed by atoms with Gasteiger partial charge in [0.05, 0.1) is 13.2 Å². The van der Waals surface area contributed by atoms with E-state index in [9.17, 15) is 0 Å². The second kappa shape index (κ2) is 8.56. The molecule has 0 amide bonds. The van der Waals surface area contributed by atoms with Crippen molar-refractivity contribution in [3.05, 3.63) is 59.7 Å². The van der Waals surface area contributed by atoms with Crippen molar-refractivity contribution >= 4 is 0 Å². The second-order valence-corrected chi connectivity index (χ2v) is 7.17. The predicted molar refractivity (Wildman–Crippen MR) is 104 cm³/mol. The lowest BCUT2D eigenvalue weighted by molar-refractivity contribution is 0.239. The van der Waals surface area contributed by atoms with E-state index in [4.69, 9.17) is 9.47 Å². The topological polar surface area (TPSA) is 24.9 Å². The van der Waals surface area contributed by atoms with Gasteiger partial charge < -0.3 is 9.47 Å². The van der Waals surface area contributed by atoms with Gasteiger partial charge in [-0.1, -0.05) is 36.4 Å². The molecule has 2 aliphatic heterocycles. The Balaban J connectivity index is 1.56. The summed E-state index contributed by atoms with van der Waals surface area (Å²) in [5.41, 5.74) is 2.58. The highest BCUT2D eigenvalue weighted by atomic mass is 16.5. The summed E-state index contributed by atoms with van der Waals surface area (Å²) in [7, 11) is 0. The first-order chi connectivity index (χ1) is 12.9. The molecule has 2 aliphatic rings. The molecule has 1 saturated heterocycles. The van der Waals surface area contributed by atoms with Gasteiger partial charge in [-0.2, -0.15) is 0 Å². The van der Waals surface area contributed by atoms with Crippen molar-refractivity contribution in [1.82, 2.24) is 9.80 Å². The van der Waals surface area contributed by atoms with Crippen LogP contribution in [0.4, 0.5) is 0 Å². The van der Waals surface area contributed by atoms with Crippen LogP contribution in [0.5, 0.6) is 11.5 Å². The van der Waals surface area contributed by atoms with Gasteiger partial charge in [-0.05, 0) is 31.6 Å². The van der Waals surface area contributed by atoms with Crippen molar-refractivity contribution in [2.24, 2.45) is 0 Å². The van der Waals surface area contributed by atoms with Gasteiger partial charge in [0, 0.05) is 43.7 Å². The molecule has 0 aromatic heterocycles. The van der Waals surface area contributed by atoms with Gasteiger partial charge in [-0.3, -0.25) is 9.80 Å². The molecule has 2 unspecified atom stereocenters. The average molecular weight is 352 g/mol. The molecule has 0 aliphatic carbocycles. The molecular weight excluding hydrogens is 324 g/mol. The van der Waals surface area contributed by atoms with Crippen molar-refractivity contribution in [1.29, 1.82) is 0 Å². The molecule has 0 radical (unpaired) electrons. The van der Waals surface area contributed by atoms with Gasteiger partial charge in [0.2, 0.25) is 0 Å². The molecule has 26 heavy (non-hydrogen) atoms. The number of hydrogen-bond donors (Lipinski definition) is 0. The minimum Gasteiger partial charge on any atom is -0.493 e. The minimum atomic E-state index is 0.686. The summed E-state index contributed by atoms with van der Waals surface area (Å²) in [6.07, 6.45) is 2.09. The van der Waals surface area contributed by atoms with E-state index in [-0.39, 0.29) is 0 Å². The molecular formula is C22H28N2O2. The zero-order valence-electron chi connectivity index (χ0n) is 15.4. The Bertz CT molecular complexity index is 659. The van der Waals surface area contributed by atoms with Crippen molar-refractivity contribution in [2.75, 3.05) is 39.4 Å². The van der Waals surface area contributed by atoms with E-state index in [1.807, 2.05) is 0 Å². The van der Waals surface area contributed by atoms with Crippen LogP contribution in [0.15, 0.2) is 48.5 Å². The fourth-order valence-electron chi connectivity index (χ4n) is 3.80. The lowest BCUT2D eigenvalue weighted by atomic mass is 10.2. The maximum Gasteiger partial charge on any atom is 0.123 e. The fourth-order valence-corrected chi connectivity index (χ4v) is 3.80. The number of nitrogens with zero attached hydrogens (tertiary/aromatic N) is 2. The van der Waals surface area contributed by atoms with Crippen LogP contribution in [0.25, 0.3) is 0 Å². The number of fused-ring (bicyclic) bond motifs is 5. The highest BCUT2D eigenvalue weighted by Crippen LogP contribution is 2.24. The maximum absolute atomic E-state index is 6.07. The van der Waals surface area contributed by atoms with E-state index >= 15 is 0 Å². The third kappa shape index (κ3) is 4.37. The minimum absolute atomic E-state index is 0.686. The summed E-state index contributed by atoms with van der Waals surface area (Å²) in [6, 6.07) is 16.9. The molecule has 2 bridgehead atoms. The SMILES string of the molecule is c1ccc2c(c1)CN1CCCN(CC1)Cc1ccccc1OCCCO2. The van der Waals surface area contributed by atoms with E-state index in [0.717, 1.165) is 57.2 Å². The number of para-hydroxylation sites is 2. The average Bonchev–Trinajstić information content (AvgIpc) is 2.89. The van der Waals surface area contributed by atoms with Crippen LogP contribution in [0.2, 0.25) is 0 Å². The first-order valence-corrected chi connectivity index (χ1v) is 9.74. The highest BCUT2D eigenvalue weighted by Gasteiger charge is 2.18. The van der Waals surface area contributed by atoms with Crippen molar-refractivity contribution in [3.8, 4) is 11.5 Å². The second-order valence-electron chi connectivity index (χ2n) is 7.17. The van der Waals surface area contributed by atoms with Crippen LogP contribution in [0.3, 0.4) is 0 Å². The summed E-state index contributed by atoms with van der Waals surface area (Å²) in [6.45, 7) is 7.78. The normalized spacial score (nSPS) is 24.0. The molecule has 2 atom stereocenters. The van der Waals surface area contributed by atoms with E-state index in [2.05, 4.69) is 58.3 Å². The smallest absolute Gasteiger partial charge is 0.123 e. The Hall–Kier alpha value is -2.04. The summed E-state index contributed by atoms with van der Waals surface area (Å²) in [4.78, 5) is 5.12. The Labute approximate surface area is 156 Å². The molecule has 4 heteroatoms. The molecule has 0 saturated carbocycles. The zero-order chi connectivity index (χ0) is 17.6. The molecule has 138 valence electrons. The Morgan fingerprint density at radius 1 is 0.577 bits per heavy atom. The first-order valence-electron chi connectivity index (χ1n) is 9.74. The Morgan fingerprint density at radius 2 is 1.08 bits per heavy atom. The molecule has 0 spiro atoms. The lowest BCUT2D eigenvalue weighted by Crippen LogP contribution is -2.30.